The zero-order valence-electron chi connectivity index (χ0n) is 11.7. The highest BCUT2D eigenvalue weighted by Gasteiger charge is 2.27. The molecule has 2 heterocycles. The van der Waals surface area contributed by atoms with Gasteiger partial charge >= 0.3 is 0 Å². The molecule has 7 heteroatoms. The molecule has 0 atom stereocenters. The van der Waals surface area contributed by atoms with Gasteiger partial charge in [-0.3, -0.25) is 0 Å². The van der Waals surface area contributed by atoms with Crippen molar-refractivity contribution in [2.75, 3.05) is 19.8 Å². The zero-order chi connectivity index (χ0) is 15.1. The molecule has 1 aromatic heterocycles. The van der Waals surface area contributed by atoms with Gasteiger partial charge in [0.2, 0.25) is 10.0 Å². The van der Waals surface area contributed by atoms with Gasteiger partial charge in [0.25, 0.3) is 0 Å². The third-order valence-corrected chi connectivity index (χ3v) is 6.06. The van der Waals surface area contributed by atoms with Gasteiger partial charge in [0.05, 0.1) is 11.9 Å². The monoisotopic (exact) mass is 329 g/mol. The predicted molar refractivity (Wildman–Crippen MR) is 82.5 cm³/mol. The summed E-state index contributed by atoms with van der Waals surface area (Å²) >= 11 is 1.48. The molecule has 2 N–H and O–H groups in total. The van der Waals surface area contributed by atoms with E-state index < -0.39 is 10.0 Å². The number of aliphatic hydroxyl groups excluding tert-OH is 1. The number of nitrogens with one attached hydrogen (secondary N) is 1. The van der Waals surface area contributed by atoms with Gasteiger partial charge in [0.15, 0.2) is 0 Å². The minimum Gasteiger partial charge on any atom is -0.395 e. The summed E-state index contributed by atoms with van der Waals surface area (Å²) < 4.78 is 32.3. The molecule has 0 aromatic carbocycles. The van der Waals surface area contributed by atoms with E-state index in [0.29, 0.717) is 32.5 Å². The molecule has 1 aliphatic heterocycles. The number of sulfonamides is 1. The minimum absolute atomic E-state index is 0.0306. The van der Waals surface area contributed by atoms with Crippen LogP contribution < -0.4 is 4.72 Å². The van der Waals surface area contributed by atoms with E-state index in [1.165, 1.54) is 11.3 Å². The first-order valence-electron chi connectivity index (χ1n) is 6.86. The summed E-state index contributed by atoms with van der Waals surface area (Å²) in [7, 11) is -3.31. The number of rotatable bonds is 5. The average molecular weight is 329 g/mol. The van der Waals surface area contributed by atoms with Gasteiger partial charge in [-0.2, -0.15) is 0 Å². The Morgan fingerprint density at radius 2 is 2.19 bits per heavy atom. The van der Waals surface area contributed by atoms with Gasteiger partial charge in [0, 0.05) is 36.6 Å². The fraction of sp³-hybridized carbons (Fsp3) is 0.571. The first-order valence-corrected chi connectivity index (χ1v) is 9.28. The Bertz CT molecular complexity index is 606. The van der Waals surface area contributed by atoms with Crippen molar-refractivity contribution >= 4 is 21.4 Å². The molecular formula is C14H19NO4S2. The molecule has 116 valence electrons. The lowest BCUT2D eigenvalue weighted by atomic mass is 10.2. The highest BCUT2D eigenvalue weighted by Crippen LogP contribution is 2.18. The highest BCUT2D eigenvalue weighted by atomic mass is 32.2. The van der Waals surface area contributed by atoms with Crippen LogP contribution in [0.25, 0.3) is 0 Å². The second-order valence-electron chi connectivity index (χ2n) is 4.71. The van der Waals surface area contributed by atoms with Crippen LogP contribution in [0.1, 0.15) is 29.7 Å². The fourth-order valence-corrected chi connectivity index (χ4v) is 4.33. The van der Waals surface area contributed by atoms with Crippen molar-refractivity contribution in [2.45, 2.75) is 31.1 Å². The highest BCUT2D eigenvalue weighted by molar-refractivity contribution is 7.90. The number of thiophene rings is 1. The van der Waals surface area contributed by atoms with Gasteiger partial charge < -0.3 is 9.84 Å². The van der Waals surface area contributed by atoms with Crippen LogP contribution >= 0.6 is 11.3 Å². The van der Waals surface area contributed by atoms with E-state index in [1.807, 2.05) is 11.4 Å². The van der Waals surface area contributed by atoms with Crippen LogP contribution in [-0.2, 0) is 21.3 Å². The zero-order valence-corrected chi connectivity index (χ0v) is 13.3. The Morgan fingerprint density at radius 3 is 2.90 bits per heavy atom. The Hall–Kier alpha value is -0.910. The van der Waals surface area contributed by atoms with Gasteiger partial charge in [-0.25, -0.2) is 13.1 Å². The molecule has 0 amide bonds. The number of ether oxygens (including phenoxy) is 1. The third kappa shape index (κ3) is 4.80. The molecule has 0 saturated carbocycles. The van der Waals surface area contributed by atoms with Crippen LogP contribution in [0.5, 0.6) is 0 Å². The summed E-state index contributed by atoms with van der Waals surface area (Å²) in [6, 6.07) is 1.87. The number of hydrogen-bond acceptors (Lipinski definition) is 5. The standard InChI is InChI=1S/C14H19NO4S2/c16-7-2-1-3-12-6-10-20-14(12)11-15-21(17,18)13-4-8-19-9-5-13/h6,10,13,15-16H,2,4-5,7-9,11H2. The van der Waals surface area contributed by atoms with Crippen molar-refractivity contribution < 1.29 is 18.3 Å². The van der Waals surface area contributed by atoms with Crippen LogP contribution in [0.3, 0.4) is 0 Å². The summed E-state index contributed by atoms with van der Waals surface area (Å²) in [5.74, 6) is 5.81. The first kappa shape index (κ1) is 16.5. The molecule has 0 radical (unpaired) electrons. The summed E-state index contributed by atoms with van der Waals surface area (Å²) in [4.78, 5) is 0.899. The van der Waals surface area contributed by atoms with Gasteiger partial charge in [-0.05, 0) is 24.3 Å². The van der Waals surface area contributed by atoms with Gasteiger partial charge in [0.1, 0.15) is 0 Å². The van der Waals surface area contributed by atoms with Crippen LogP contribution in [0, 0.1) is 11.8 Å². The topological polar surface area (TPSA) is 75.6 Å². The normalized spacial score (nSPS) is 16.4. The number of hydrogen-bond donors (Lipinski definition) is 2. The van der Waals surface area contributed by atoms with Crippen LogP contribution in [-0.4, -0.2) is 38.6 Å². The smallest absolute Gasteiger partial charge is 0.214 e. The Balaban J connectivity index is 1.97. The van der Waals surface area contributed by atoms with E-state index in [1.54, 1.807) is 0 Å². The van der Waals surface area contributed by atoms with Crippen molar-refractivity contribution in [3.8, 4) is 11.8 Å². The molecule has 1 saturated heterocycles. The molecule has 0 bridgehead atoms. The first-order chi connectivity index (χ1) is 10.1. The molecule has 21 heavy (non-hydrogen) atoms. The maximum Gasteiger partial charge on any atom is 0.214 e. The van der Waals surface area contributed by atoms with E-state index in [0.717, 1.165) is 10.4 Å². The molecule has 1 aliphatic rings. The fourth-order valence-electron chi connectivity index (χ4n) is 2.07. The molecule has 1 fully saturated rings. The largest absolute Gasteiger partial charge is 0.395 e. The average Bonchev–Trinajstić information content (AvgIpc) is 2.94. The summed E-state index contributed by atoms with van der Waals surface area (Å²) in [6.45, 7) is 1.30. The van der Waals surface area contributed by atoms with Crippen LogP contribution in [0.2, 0.25) is 0 Å². The quantitative estimate of drug-likeness (QED) is 0.793. The molecule has 0 spiro atoms. The summed E-state index contributed by atoms with van der Waals surface area (Å²) in [5, 5.41) is 10.2. The summed E-state index contributed by atoms with van der Waals surface area (Å²) in [5.41, 5.74) is 0.822. The van der Waals surface area contributed by atoms with E-state index in [2.05, 4.69) is 16.6 Å². The van der Waals surface area contributed by atoms with Crippen molar-refractivity contribution in [2.24, 2.45) is 0 Å². The third-order valence-electron chi connectivity index (χ3n) is 3.25. The molecule has 0 unspecified atom stereocenters. The lowest BCUT2D eigenvalue weighted by molar-refractivity contribution is 0.0981. The molecule has 2 rings (SSSR count). The Labute approximate surface area is 129 Å². The molecule has 5 nitrogen and oxygen atoms in total. The Morgan fingerprint density at radius 1 is 1.43 bits per heavy atom. The Kier molecular flexibility index (Phi) is 6.21. The maximum absolute atomic E-state index is 12.2. The maximum atomic E-state index is 12.2. The van der Waals surface area contributed by atoms with Crippen molar-refractivity contribution in [3.05, 3.63) is 21.9 Å². The number of aliphatic hydroxyl groups is 1. The molecular weight excluding hydrogens is 310 g/mol. The van der Waals surface area contributed by atoms with E-state index in [4.69, 9.17) is 9.84 Å². The van der Waals surface area contributed by atoms with Crippen LogP contribution in [0.4, 0.5) is 0 Å². The molecule has 1 aromatic rings. The van der Waals surface area contributed by atoms with Crippen molar-refractivity contribution in [3.63, 3.8) is 0 Å². The van der Waals surface area contributed by atoms with Crippen molar-refractivity contribution in [1.29, 1.82) is 0 Å². The van der Waals surface area contributed by atoms with Crippen LogP contribution in [0.15, 0.2) is 11.4 Å². The predicted octanol–water partition coefficient (Wildman–Crippen LogP) is 1.08. The van der Waals surface area contributed by atoms with Gasteiger partial charge in [-0.1, -0.05) is 11.8 Å². The lowest BCUT2D eigenvalue weighted by Crippen LogP contribution is -2.37. The van der Waals surface area contributed by atoms with E-state index in [9.17, 15) is 8.42 Å². The summed E-state index contributed by atoms with van der Waals surface area (Å²) in [6.07, 6.45) is 1.51. The minimum atomic E-state index is -3.31. The molecule has 0 aliphatic carbocycles. The SMILES string of the molecule is O=S(=O)(NCc1sccc1C#CCCO)C1CCOCC1. The van der Waals surface area contributed by atoms with E-state index >= 15 is 0 Å². The van der Waals surface area contributed by atoms with Gasteiger partial charge in [-0.15, -0.1) is 11.3 Å². The van der Waals surface area contributed by atoms with Crippen molar-refractivity contribution in [1.82, 2.24) is 4.72 Å². The second kappa shape index (κ2) is 7.92. The van der Waals surface area contributed by atoms with E-state index in [-0.39, 0.29) is 18.4 Å². The lowest BCUT2D eigenvalue weighted by Gasteiger charge is -2.22. The second-order valence-corrected chi connectivity index (χ2v) is 7.76.